The molecule has 1 aromatic heterocycles. The molecule has 0 aliphatic heterocycles. The SMILES string of the molecule is COc1cc(C=C(C#N)C(=O)Nc2nnc(S(C)(=O)=O)s2)cc(Cl)c1OCc1ccccc1F. The van der Waals surface area contributed by atoms with Gasteiger partial charge in [0.25, 0.3) is 5.91 Å². The summed E-state index contributed by atoms with van der Waals surface area (Å²) in [4.78, 5) is 12.5. The number of aromatic nitrogens is 2. The third-order valence-electron chi connectivity index (χ3n) is 4.20. The Balaban J connectivity index is 1.82. The Kier molecular flexibility index (Phi) is 7.83. The van der Waals surface area contributed by atoms with Crippen LogP contribution in [0.15, 0.2) is 46.3 Å². The molecule has 1 heterocycles. The van der Waals surface area contributed by atoms with Gasteiger partial charge >= 0.3 is 0 Å². The monoisotopic (exact) mass is 522 g/mol. The van der Waals surface area contributed by atoms with Gasteiger partial charge in [-0.25, -0.2) is 12.8 Å². The first-order chi connectivity index (χ1) is 16.1. The van der Waals surface area contributed by atoms with Gasteiger partial charge in [0.15, 0.2) is 11.5 Å². The summed E-state index contributed by atoms with van der Waals surface area (Å²) < 4.78 is 47.5. The van der Waals surface area contributed by atoms with Crippen molar-refractivity contribution in [2.75, 3.05) is 18.7 Å². The maximum absolute atomic E-state index is 13.9. The molecule has 0 unspecified atom stereocenters. The van der Waals surface area contributed by atoms with Gasteiger partial charge in [-0.15, -0.1) is 10.2 Å². The van der Waals surface area contributed by atoms with Gasteiger partial charge in [-0.2, -0.15) is 5.26 Å². The number of nitrogens with zero attached hydrogens (tertiary/aromatic N) is 3. The molecule has 176 valence electrons. The number of nitrogens with one attached hydrogen (secondary N) is 1. The fourth-order valence-corrected chi connectivity index (χ4v) is 4.40. The second-order valence-electron chi connectivity index (χ2n) is 6.68. The number of hydrogen-bond acceptors (Lipinski definition) is 9. The van der Waals surface area contributed by atoms with Crippen LogP contribution in [0.3, 0.4) is 0 Å². The van der Waals surface area contributed by atoms with Crippen LogP contribution in [-0.4, -0.2) is 37.9 Å². The topological polar surface area (TPSA) is 131 Å². The van der Waals surface area contributed by atoms with Crippen molar-refractivity contribution in [3.05, 3.63) is 63.9 Å². The summed E-state index contributed by atoms with van der Waals surface area (Å²) in [6.07, 6.45) is 2.21. The number of hydrogen-bond donors (Lipinski definition) is 1. The molecule has 0 aliphatic rings. The first-order valence-corrected chi connectivity index (χ1v) is 12.4. The lowest BCUT2D eigenvalue weighted by atomic mass is 10.1. The van der Waals surface area contributed by atoms with E-state index in [4.69, 9.17) is 21.1 Å². The molecule has 0 saturated heterocycles. The number of carbonyl (C=O) groups is 1. The number of benzene rings is 2. The zero-order valence-corrected chi connectivity index (χ0v) is 20.1. The van der Waals surface area contributed by atoms with Crippen LogP contribution in [0.1, 0.15) is 11.1 Å². The first kappa shape index (κ1) is 25.1. The van der Waals surface area contributed by atoms with E-state index < -0.39 is 21.6 Å². The molecule has 1 N–H and O–H groups in total. The van der Waals surface area contributed by atoms with Gasteiger partial charge in [-0.1, -0.05) is 41.1 Å². The molecule has 0 aliphatic carbocycles. The zero-order chi connectivity index (χ0) is 24.9. The van der Waals surface area contributed by atoms with Crippen LogP contribution >= 0.6 is 22.9 Å². The first-order valence-electron chi connectivity index (χ1n) is 9.32. The minimum Gasteiger partial charge on any atom is -0.493 e. The summed E-state index contributed by atoms with van der Waals surface area (Å²) in [5.41, 5.74) is 0.360. The summed E-state index contributed by atoms with van der Waals surface area (Å²) in [5, 5.41) is 18.9. The van der Waals surface area contributed by atoms with E-state index in [9.17, 15) is 22.9 Å². The molecule has 0 fully saturated rings. The molecule has 9 nitrogen and oxygen atoms in total. The van der Waals surface area contributed by atoms with Gasteiger partial charge in [0.1, 0.15) is 24.1 Å². The van der Waals surface area contributed by atoms with Gasteiger partial charge in [0, 0.05) is 11.8 Å². The third kappa shape index (κ3) is 6.07. The Hall–Kier alpha value is -3.53. The van der Waals surface area contributed by atoms with Crippen molar-refractivity contribution in [3.63, 3.8) is 0 Å². The molecule has 0 spiro atoms. The predicted octanol–water partition coefficient (Wildman–Crippen LogP) is 3.87. The van der Waals surface area contributed by atoms with E-state index in [-0.39, 0.29) is 38.2 Å². The van der Waals surface area contributed by atoms with Gasteiger partial charge in [0.2, 0.25) is 19.3 Å². The molecule has 1 amide bonds. The molecule has 3 aromatic rings. The molecule has 0 atom stereocenters. The Morgan fingerprint density at radius 2 is 2.06 bits per heavy atom. The number of sulfone groups is 1. The van der Waals surface area contributed by atoms with Crippen molar-refractivity contribution in [1.29, 1.82) is 5.26 Å². The molecule has 13 heteroatoms. The van der Waals surface area contributed by atoms with E-state index in [1.54, 1.807) is 24.3 Å². The van der Waals surface area contributed by atoms with E-state index in [0.717, 1.165) is 6.26 Å². The predicted molar refractivity (Wildman–Crippen MR) is 124 cm³/mol. The van der Waals surface area contributed by atoms with Crippen LogP contribution < -0.4 is 14.8 Å². The van der Waals surface area contributed by atoms with Crippen molar-refractivity contribution in [1.82, 2.24) is 10.2 Å². The maximum atomic E-state index is 13.9. The standard InChI is InChI=1S/C21H16ClFN4O5S2/c1-31-17-9-12(8-15(22)18(17)32-11-13-5-3-4-6-16(13)23)7-14(10-24)19(28)25-20-26-27-21(33-20)34(2,29)30/h3-9H,11H2,1-2H3,(H,25,26,28). The molecular weight excluding hydrogens is 507 g/mol. The molecule has 3 rings (SSSR count). The fraction of sp³-hybridized carbons (Fsp3) is 0.143. The number of anilines is 1. The quantitative estimate of drug-likeness (QED) is 0.268. The van der Waals surface area contributed by atoms with Crippen LogP contribution in [0.4, 0.5) is 9.52 Å². The normalized spacial score (nSPS) is 11.6. The third-order valence-corrected chi connectivity index (χ3v) is 6.99. The summed E-state index contributed by atoms with van der Waals surface area (Å²) in [5.74, 6) is -0.890. The lowest BCUT2D eigenvalue weighted by molar-refractivity contribution is -0.112. The highest BCUT2D eigenvalue weighted by atomic mass is 35.5. The number of methoxy groups -OCH3 is 1. The summed E-state index contributed by atoms with van der Waals surface area (Å²) in [6, 6.07) is 10.8. The number of amides is 1. The van der Waals surface area contributed by atoms with E-state index in [1.165, 1.54) is 31.4 Å². The largest absolute Gasteiger partial charge is 0.493 e. The molecular formula is C21H16ClFN4O5S2. The number of halogens is 2. The highest BCUT2D eigenvalue weighted by Crippen LogP contribution is 2.37. The average Bonchev–Trinajstić information content (AvgIpc) is 3.26. The summed E-state index contributed by atoms with van der Waals surface area (Å²) in [6.45, 7) is -0.0961. The van der Waals surface area contributed by atoms with Crippen molar-refractivity contribution in [3.8, 4) is 17.6 Å². The van der Waals surface area contributed by atoms with Crippen molar-refractivity contribution in [2.45, 2.75) is 10.9 Å². The molecule has 2 aromatic carbocycles. The van der Waals surface area contributed by atoms with Crippen molar-refractivity contribution < 1.29 is 27.1 Å². The maximum Gasteiger partial charge on any atom is 0.268 e. The molecule has 0 bridgehead atoms. The van der Waals surface area contributed by atoms with E-state index in [1.807, 2.05) is 0 Å². The van der Waals surface area contributed by atoms with E-state index in [2.05, 4.69) is 15.5 Å². The second kappa shape index (κ2) is 10.6. The minimum atomic E-state index is -3.58. The lowest BCUT2D eigenvalue weighted by Crippen LogP contribution is -2.13. The number of carbonyl (C=O) groups excluding carboxylic acids is 1. The van der Waals surface area contributed by atoms with Crippen LogP contribution in [0, 0.1) is 17.1 Å². The zero-order valence-electron chi connectivity index (χ0n) is 17.7. The van der Waals surface area contributed by atoms with Crippen LogP contribution in [0.25, 0.3) is 6.08 Å². The van der Waals surface area contributed by atoms with Gasteiger partial charge in [-0.05, 0) is 29.8 Å². The Morgan fingerprint density at radius 3 is 2.68 bits per heavy atom. The summed E-state index contributed by atoms with van der Waals surface area (Å²) >= 11 is 6.97. The van der Waals surface area contributed by atoms with E-state index >= 15 is 0 Å². The number of ether oxygens (including phenoxy) is 2. The smallest absolute Gasteiger partial charge is 0.268 e. The number of nitriles is 1. The van der Waals surface area contributed by atoms with Gasteiger partial charge < -0.3 is 9.47 Å². The summed E-state index contributed by atoms with van der Waals surface area (Å²) in [7, 11) is -2.20. The Morgan fingerprint density at radius 1 is 1.32 bits per heavy atom. The van der Waals surface area contributed by atoms with Gasteiger partial charge in [-0.3, -0.25) is 10.1 Å². The lowest BCUT2D eigenvalue weighted by Gasteiger charge is -2.14. The minimum absolute atomic E-state index is 0.0842. The van der Waals surface area contributed by atoms with Crippen LogP contribution in [0.5, 0.6) is 11.5 Å². The molecule has 0 saturated carbocycles. The van der Waals surface area contributed by atoms with Crippen LogP contribution in [-0.2, 0) is 21.2 Å². The number of rotatable bonds is 8. The van der Waals surface area contributed by atoms with E-state index in [0.29, 0.717) is 22.5 Å². The highest BCUT2D eigenvalue weighted by molar-refractivity contribution is 7.92. The average molecular weight is 523 g/mol. The van der Waals surface area contributed by atoms with Crippen molar-refractivity contribution in [2.24, 2.45) is 0 Å². The molecule has 0 radical (unpaired) electrons. The fourth-order valence-electron chi connectivity index (χ4n) is 2.62. The second-order valence-corrected chi connectivity index (χ2v) is 10.3. The Labute approximate surface area is 203 Å². The van der Waals surface area contributed by atoms with Gasteiger partial charge in [0.05, 0.1) is 12.1 Å². The van der Waals surface area contributed by atoms with Crippen LogP contribution in [0.2, 0.25) is 5.02 Å². The van der Waals surface area contributed by atoms with Crippen molar-refractivity contribution >= 4 is 49.9 Å². The molecule has 34 heavy (non-hydrogen) atoms. The highest BCUT2D eigenvalue weighted by Gasteiger charge is 2.18. The Bertz CT molecular complexity index is 1420.